The number of amides is 1. The van der Waals surface area contributed by atoms with Crippen molar-refractivity contribution in [2.45, 2.75) is 19.8 Å². The summed E-state index contributed by atoms with van der Waals surface area (Å²) in [5.74, 6) is -0.854. The van der Waals surface area contributed by atoms with Crippen molar-refractivity contribution in [1.29, 1.82) is 0 Å². The van der Waals surface area contributed by atoms with E-state index in [-0.39, 0.29) is 31.1 Å². The van der Waals surface area contributed by atoms with Gasteiger partial charge in [-0.3, -0.25) is 9.59 Å². The molecule has 0 aliphatic heterocycles. The zero-order valence-corrected chi connectivity index (χ0v) is 15.0. The van der Waals surface area contributed by atoms with Gasteiger partial charge in [-0.05, 0) is 25.5 Å². The van der Waals surface area contributed by atoms with Gasteiger partial charge in [-0.15, -0.1) is 0 Å². The number of carbonyl (C=O) groups excluding carboxylic acids is 2. The molecule has 0 aliphatic carbocycles. The van der Waals surface area contributed by atoms with Crippen LogP contribution in [0, 0.1) is 0 Å². The molecule has 0 saturated carbocycles. The molecule has 140 valence electrons. The lowest BCUT2D eigenvalue weighted by Crippen LogP contribution is -2.37. The molecule has 0 aliphatic rings. The molecule has 0 atom stereocenters. The molecule has 0 saturated heterocycles. The second-order valence-electron chi connectivity index (χ2n) is 5.68. The van der Waals surface area contributed by atoms with Crippen LogP contribution in [-0.2, 0) is 14.3 Å². The van der Waals surface area contributed by atoms with E-state index in [4.69, 9.17) is 13.9 Å². The Balaban J connectivity index is 2.22. The summed E-state index contributed by atoms with van der Waals surface area (Å²) in [6, 6.07) is 8.51. The van der Waals surface area contributed by atoms with E-state index in [0.717, 1.165) is 0 Å². The Labute approximate surface area is 151 Å². The summed E-state index contributed by atoms with van der Waals surface area (Å²) in [4.78, 5) is 38.1. The highest BCUT2D eigenvalue weighted by Crippen LogP contribution is 2.14. The Morgan fingerprint density at radius 3 is 2.69 bits per heavy atom. The lowest BCUT2D eigenvalue weighted by Gasteiger charge is -2.22. The van der Waals surface area contributed by atoms with E-state index < -0.39 is 11.5 Å². The van der Waals surface area contributed by atoms with E-state index in [1.807, 2.05) is 0 Å². The molecule has 0 fully saturated rings. The fourth-order valence-corrected chi connectivity index (χ4v) is 2.56. The maximum atomic E-state index is 12.8. The summed E-state index contributed by atoms with van der Waals surface area (Å²) in [6.07, 6.45) is 0.648. The SMILES string of the molecule is CCOC(=O)CCN(CCCOC)C(=O)c1cc2ccccc2oc1=O. The van der Waals surface area contributed by atoms with Crippen LogP contribution in [0.25, 0.3) is 11.0 Å². The minimum Gasteiger partial charge on any atom is -0.466 e. The van der Waals surface area contributed by atoms with Crippen LogP contribution < -0.4 is 5.63 Å². The molecule has 7 nitrogen and oxygen atoms in total. The van der Waals surface area contributed by atoms with Crippen molar-refractivity contribution in [3.63, 3.8) is 0 Å². The number of ether oxygens (including phenoxy) is 2. The quantitative estimate of drug-likeness (QED) is 0.387. The summed E-state index contributed by atoms with van der Waals surface area (Å²) < 4.78 is 15.2. The van der Waals surface area contributed by atoms with Crippen molar-refractivity contribution in [3.05, 3.63) is 46.3 Å². The largest absolute Gasteiger partial charge is 0.466 e. The number of rotatable bonds is 9. The topological polar surface area (TPSA) is 86.0 Å². The molecular formula is C19H23NO6. The number of nitrogens with zero attached hydrogens (tertiary/aromatic N) is 1. The normalized spacial score (nSPS) is 10.7. The first-order chi connectivity index (χ1) is 12.6. The minimum atomic E-state index is -0.693. The van der Waals surface area contributed by atoms with E-state index in [2.05, 4.69) is 0 Å². The van der Waals surface area contributed by atoms with Crippen LogP contribution in [0.2, 0.25) is 0 Å². The highest BCUT2D eigenvalue weighted by molar-refractivity contribution is 5.96. The van der Waals surface area contributed by atoms with E-state index in [9.17, 15) is 14.4 Å². The number of esters is 1. The Morgan fingerprint density at radius 2 is 1.96 bits per heavy atom. The minimum absolute atomic E-state index is 0.0509. The molecule has 0 N–H and O–H groups in total. The molecule has 2 rings (SSSR count). The maximum Gasteiger partial charge on any atom is 0.349 e. The first-order valence-electron chi connectivity index (χ1n) is 8.53. The highest BCUT2D eigenvalue weighted by Gasteiger charge is 2.21. The standard InChI is InChI=1S/C19H23NO6/c1-3-25-17(21)9-11-20(10-6-12-24-2)18(22)15-13-14-7-4-5-8-16(14)26-19(15)23/h4-5,7-8,13H,3,6,9-12H2,1-2H3. The lowest BCUT2D eigenvalue weighted by molar-refractivity contribution is -0.143. The maximum absolute atomic E-state index is 12.8. The van der Waals surface area contributed by atoms with Crippen molar-refractivity contribution in [1.82, 2.24) is 4.90 Å². The summed E-state index contributed by atoms with van der Waals surface area (Å²) in [5, 5.41) is 0.665. The summed E-state index contributed by atoms with van der Waals surface area (Å²) in [6.45, 7) is 2.99. The smallest absolute Gasteiger partial charge is 0.349 e. The first-order valence-corrected chi connectivity index (χ1v) is 8.53. The Kier molecular flexibility index (Phi) is 7.35. The molecule has 0 bridgehead atoms. The zero-order chi connectivity index (χ0) is 18.9. The van der Waals surface area contributed by atoms with Gasteiger partial charge in [0.05, 0.1) is 13.0 Å². The predicted molar refractivity (Wildman–Crippen MR) is 96.1 cm³/mol. The van der Waals surface area contributed by atoms with Crippen LogP contribution in [-0.4, -0.2) is 50.2 Å². The third-order valence-electron chi connectivity index (χ3n) is 3.83. The fourth-order valence-electron chi connectivity index (χ4n) is 2.56. The number of hydrogen-bond acceptors (Lipinski definition) is 6. The number of benzene rings is 1. The molecule has 26 heavy (non-hydrogen) atoms. The van der Waals surface area contributed by atoms with Gasteiger partial charge in [0.15, 0.2) is 0 Å². The molecule has 7 heteroatoms. The Hall–Kier alpha value is -2.67. The molecule has 2 aromatic rings. The number of para-hydroxylation sites is 1. The van der Waals surface area contributed by atoms with Crippen LogP contribution >= 0.6 is 0 Å². The van der Waals surface area contributed by atoms with Crippen molar-refractivity contribution in [2.24, 2.45) is 0 Å². The van der Waals surface area contributed by atoms with Gasteiger partial charge >= 0.3 is 11.6 Å². The van der Waals surface area contributed by atoms with E-state index in [0.29, 0.717) is 30.5 Å². The van der Waals surface area contributed by atoms with Gasteiger partial charge in [0.2, 0.25) is 0 Å². The lowest BCUT2D eigenvalue weighted by atomic mass is 10.1. The monoisotopic (exact) mass is 361 g/mol. The van der Waals surface area contributed by atoms with Gasteiger partial charge in [0.1, 0.15) is 11.1 Å². The molecule has 1 aromatic heterocycles. The molecule has 0 unspecified atom stereocenters. The van der Waals surface area contributed by atoms with Gasteiger partial charge in [0, 0.05) is 32.2 Å². The second-order valence-corrected chi connectivity index (χ2v) is 5.68. The van der Waals surface area contributed by atoms with Gasteiger partial charge in [-0.2, -0.15) is 0 Å². The molecule has 0 radical (unpaired) electrons. The summed E-state index contributed by atoms with van der Waals surface area (Å²) in [5.41, 5.74) is -0.321. The number of fused-ring (bicyclic) bond motifs is 1. The third-order valence-corrected chi connectivity index (χ3v) is 3.83. The van der Waals surface area contributed by atoms with Crippen LogP contribution in [0.4, 0.5) is 0 Å². The Bertz CT molecular complexity index is 813. The molecule has 1 heterocycles. The van der Waals surface area contributed by atoms with Gasteiger partial charge in [-0.25, -0.2) is 4.79 Å². The van der Waals surface area contributed by atoms with E-state index in [1.54, 1.807) is 38.3 Å². The molecule has 1 amide bonds. The van der Waals surface area contributed by atoms with Crippen molar-refractivity contribution in [3.8, 4) is 0 Å². The molecule has 1 aromatic carbocycles. The van der Waals surface area contributed by atoms with Gasteiger partial charge in [-0.1, -0.05) is 18.2 Å². The average molecular weight is 361 g/mol. The fraction of sp³-hybridized carbons (Fsp3) is 0.421. The molecular weight excluding hydrogens is 338 g/mol. The van der Waals surface area contributed by atoms with Crippen LogP contribution in [0.15, 0.2) is 39.5 Å². The van der Waals surface area contributed by atoms with Crippen LogP contribution in [0.1, 0.15) is 30.1 Å². The summed E-state index contributed by atoms with van der Waals surface area (Å²) in [7, 11) is 1.57. The van der Waals surface area contributed by atoms with E-state index >= 15 is 0 Å². The zero-order valence-electron chi connectivity index (χ0n) is 15.0. The van der Waals surface area contributed by atoms with Crippen molar-refractivity contribution in [2.75, 3.05) is 33.4 Å². The number of hydrogen-bond donors (Lipinski definition) is 0. The predicted octanol–water partition coefficient (Wildman–Crippen LogP) is 2.22. The number of carbonyl (C=O) groups is 2. The average Bonchev–Trinajstić information content (AvgIpc) is 2.63. The summed E-state index contributed by atoms with van der Waals surface area (Å²) >= 11 is 0. The van der Waals surface area contributed by atoms with Crippen molar-refractivity contribution < 1.29 is 23.5 Å². The molecule has 0 spiro atoms. The number of methoxy groups -OCH3 is 1. The van der Waals surface area contributed by atoms with Crippen LogP contribution in [0.3, 0.4) is 0 Å². The van der Waals surface area contributed by atoms with Crippen molar-refractivity contribution >= 4 is 22.8 Å². The van der Waals surface area contributed by atoms with Gasteiger partial charge < -0.3 is 18.8 Å². The van der Waals surface area contributed by atoms with Gasteiger partial charge in [0.25, 0.3) is 5.91 Å². The highest BCUT2D eigenvalue weighted by atomic mass is 16.5. The van der Waals surface area contributed by atoms with Crippen LogP contribution in [0.5, 0.6) is 0 Å². The first kappa shape index (κ1) is 19.7. The van der Waals surface area contributed by atoms with E-state index in [1.165, 1.54) is 11.0 Å². The Morgan fingerprint density at radius 1 is 1.19 bits per heavy atom. The second kappa shape index (κ2) is 9.72. The third kappa shape index (κ3) is 5.16.